The topological polar surface area (TPSA) is 82.6 Å². The average Bonchev–Trinajstić information content (AvgIpc) is 1.37. The zero-order chi connectivity index (χ0) is 3.41. The quantitative estimate of drug-likeness (QED) is 0.520. The maximum Gasteiger partial charge on any atom is 0.181 e. The van der Waals surface area contributed by atoms with Crippen molar-refractivity contribution in [3.05, 3.63) is 0 Å². The second kappa shape index (κ2) is 41.6. The molecule has 0 aliphatic rings. The van der Waals surface area contributed by atoms with E-state index in [1.165, 1.54) is 12.1 Å². The minimum Gasteiger partial charge on any atom is -0.344 e. The van der Waals surface area contributed by atoms with Gasteiger partial charge in [0, 0.05) is 16.5 Å². The van der Waals surface area contributed by atoms with E-state index in [-0.39, 0.29) is 36.1 Å². The first-order valence-electron chi connectivity index (χ1n) is 0.697. The molecule has 0 aliphatic carbocycles. The standard InChI is InChI=1S/C2N2.H3N.Ni.H2S/c3-1-2-4;;;/h;1H3;;1H2. The summed E-state index contributed by atoms with van der Waals surface area (Å²) in [4.78, 5) is 0. The molecule has 0 bridgehead atoms. The van der Waals surface area contributed by atoms with Gasteiger partial charge in [-0.2, -0.15) is 24.0 Å². The second-order valence-electron chi connectivity index (χ2n) is 0.224. The Hall–Kier alpha value is -0.216. The molecule has 0 aromatic rings. The Labute approximate surface area is 59.3 Å². The van der Waals surface area contributed by atoms with E-state index in [0.29, 0.717) is 0 Å². The number of hydrogen-bond donors (Lipinski definition) is 1. The van der Waals surface area contributed by atoms with Crippen molar-refractivity contribution in [2.75, 3.05) is 0 Å². The molecular weight excluding hydrogens is 157 g/mol. The van der Waals surface area contributed by atoms with Crippen molar-refractivity contribution in [1.29, 1.82) is 10.5 Å². The summed E-state index contributed by atoms with van der Waals surface area (Å²) in [6.45, 7) is 0. The molecule has 0 radical (unpaired) electrons. The van der Waals surface area contributed by atoms with E-state index < -0.39 is 0 Å². The fourth-order valence-electron chi connectivity index (χ4n) is 0. The molecule has 0 aromatic carbocycles. The van der Waals surface area contributed by atoms with Crippen LogP contribution in [0.1, 0.15) is 0 Å². The van der Waals surface area contributed by atoms with Gasteiger partial charge in [-0.05, 0) is 0 Å². The molecular formula is C2H5N3NiS. The molecule has 44 valence electrons. The van der Waals surface area contributed by atoms with Crippen molar-refractivity contribution in [1.82, 2.24) is 6.15 Å². The van der Waals surface area contributed by atoms with Crippen molar-refractivity contribution in [2.24, 2.45) is 0 Å². The summed E-state index contributed by atoms with van der Waals surface area (Å²) in [7, 11) is 0. The van der Waals surface area contributed by atoms with E-state index in [1.54, 1.807) is 0 Å². The molecule has 0 spiro atoms. The van der Waals surface area contributed by atoms with Crippen LogP contribution in [0, 0.1) is 22.7 Å². The smallest absolute Gasteiger partial charge is 0.181 e. The molecule has 0 amide bonds. The number of hydrogen-bond acceptors (Lipinski definition) is 3. The van der Waals surface area contributed by atoms with Gasteiger partial charge >= 0.3 is 0 Å². The van der Waals surface area contributed by atoms with Crippen LogP contribution in [-0.2, 0) is 16.5 Å². The monoisotopic (exact) mass is 161 g/mol. The van der Waals surface area contributed by atoms with Gasteiger partial charge in [0.2, 0.25) is 0 Å². The van der Waals surface area contributed by atoms with E-state index in [4.69, 9.17) is 10.5 Å². The van der Waals surface area contributed by atoms with Gasteiger partial charge in [0.05, 0.1) is 0 Å². The van der Waals surface area contributed by atoms with Crippen molar-refractivity contribution in [3.63, 3.8) is 0 Å². The molecule has 0 heterocycles. The Morgan fingerprint density at radius 1 is 1.00 bits per heavy atom. The fourth-order valence-corrected chi connectivity index (χ4v) is 0. The Morgan fingerprint density at radius 3 is 1.14 bits per heavy atom. The number of rotatable bonds is 0. The molecule has 0 saturated carbocycles. The molecule has 0 rings (SSSR count). The van der Waals surface area contributed by atoms with Crippen molar-refractivity contribution in [2.45, 2.75) is 0 Å². The van der Waals surface area contributed by atoms with Crippen molar-refractivity contribution >= 4 is 13.5 Å². The van der Waals surface area contributed by atoms with Crippen molar-refractivity contribution < 1.29 is 16.5 Å². The second-order valence-corrected chi connectivity index (χ2v) is 0.224. The fraction of sp³-hybridized carbons (Fsp3) is 0. The Morgan fingerprint density at radius 2 is 1.14 bits per heavy atom. The van der Waals surface area contributed by atoms with Gasteiger partial charge in [-0.1, -0.05) is 0 Å². The van der Waals surface area contributed by atoms with Crippen LogP contribution < -0.4 is 6.15 Å². The van der Waals surface area contributed by atoms with Gasteiger partial charge < -0.3 is 6.15 Å². The Kier molecular flexibility index (Phi) is 174. The third kappa shape index (κ3) is 135. The van der Waals surface area contributed by atoms with Gasteiger partial charge in [0.15, 0.2) is 12.1 Å². The molecule has 0 saturated heterocycles. The van der Waals surface area contributed by atoms with Gasteiger partial charge in [0.25, 0.3) is 0 Å². The minimum absolute atomic E-state index is 0. The summed E-state index contributed by atoms with van der Waals surface area (Å²) in [5.41, 5.74) is 0. The van der Waals surface area contributed by atoms with E-state index in [2.05, 4.69) is 0 Å². The van der Waals surface area contributed by atoms with E-state index in [9.17, 15) is 0 Å². The minimum atomic E-state index is 0. The van der Waals surface area contributed by atoms with E-state index in [0.717, 1.165) is 0 Å². The van der Waals surface area contributed by atoms with Gasteiger partial charge in [0.1, 0.15) is 0 Å². The van der Waals surface area contributed by atoms with E-state index in [1.807, 2.05) is 0 Å². The summed E-state index contributed by atoms with van der Waals surface area (Å²) in [6, 6.07) is 2.47. The molecule has 0 aliphatic heterocycles. The van der Waals surface area contributed by atoms with Crippen LogP contribution in [0.2, 0.25) is 0 Å². The molecule has 3 N–H and O–H groups in total. The van der Waals surface area contributed by atoms with Gasteiger partial charge in [-0.25, -0.2) is 0 Å². The molecule has 0 aromatic heterocycles. The summed E-state index contributed by atoms with van der Waals surface area (Å²) in [5, 5.41) is 14.5. The molecule has 0 fully saturated rings. The summed E-state index contributed by atoms with van der Waals surface area (Å²) in [6.07, 6.45) is 0. The Bertz CT molecular complexity index is 67.9. The van der Waals surface area contributed by atoms with Crippen LogP contribution >= 0.6 is 13.5 Å². The first-order valence-corrected chi connectivity index (χ1v) is 0.697. The summed E-state index contributed by atoms with van der Waals surface area (Å²) < 4.78 is 0. The average molecular weight is 162 g/mol. The number of nitriles is 2. The first kappa shape index (κ1) is 29.3. The van der Waals surface area contributed by atoms with Gasteiger partial charge in [-0.3, -0.25) is 0 Å². The van der Waals surface area contributed by atoms with Crippen LogP contribution in [0.5, 0.6) is 0 Å². The maximum absolute atomic E-state index is 7.26. The summed E-state index contributed by atoms with van der Waals surface area (Å²) >= 11 is 0. The molecule has 0 atom stereocenters. The molecule has 7 heavy (non-hydrogen) atoms. The molecule has 0 unspecified atom stereocenters. The predicted octanol–water partition coefficient (Wildman–Crippen LogP) is 0.306. The van der Waals surface area contributed by atoms with Gasteiger partial charge in [-0.15, -0.1) is 0 Å². The molecule has 3 nitrogen and oxygen atoms in total. The third-order valence-electron chi connectivity index (χ3n) is 0.0500. The van der Waals surface area contributed by atoms with E-state index >= 15 is 0 Å². The zero-order valence-corrected chi connectivity index (χ0v) is 5.41. The van der Waals surface area contributed by atoms with Crippen LogP contribution in [-0.4, -0.2) is 0 Å². The van der Waals surface area contributed by atoms with Crippen LogP contribution in [0.25, 0.3) is 0 Å². The van der Waals surface area contributed by atoms with Crippen LogP contribution in [0.3, 0.4) is 0 Å². The van der Waals surface area contributed by atoms with Crippen LogP contribution in [0.15, 0.2) is 0 Å². The zero-order valence-electron chi connectivity index (χ0n) is 3.42. The molecule has 5 heteroatoms. The SMILES string of the molecule is N.N#CC#N.S.[Ni]. The normalized spacial score (nSPS) is 1.43. The largest absolute Gasteiger partial charge is 0.344 e. The van der Waals surface area contributed by atoms with Crippen LogP contribution in [0.4, 0.5) is 0 Å². The first-order chi connectivity index (χ1) is 1.91. The maximum atomic E-state index is 7.26. The predicted molar refractivity (Wildman–Crippen MR) is 26.6 cm³/mol. The third-order valence-corrected chi connectivity index (χ3v) is 0.0500. The summed E-state index contributed by atoms with van der Waals surface area (Å²) in [5.74, 6) is 0. The van der Waals surface area contributed by atoms with Crippen molar-refractivity contribution in [3.8, 4) is 12.1 Å². The number of nitrogens with zero attached hydrogens (tertiary/aromatic N) is 2. The Balaban J connectivity index is -0.0000000150.